The number of nitrogens with zero attached hydrogens (tertiary/aromatic N) is 1. The summed E-state index contributed by atoms with van der Waals surface area (Å²) < 4.78 is 6.24. The maximum Gasteiger partial charge on any atom is 0.311 e. The number of aryl methyl sites for hydroxylation is 1. The number of benzene rings is 2. The van der Waals surface area contributed by atoms with Gasteiger partial charge < -0.3 is 9.84 Å². The van der Waals surface area contributed by atoms with Crippen LogP contribution < -0.4 is 4.74 Å². The lowest BCUT2D eigenvalue weighted by molar-refractivity contribution is -0.385. The Labute approximate surface area is 124 Å². The molecule has 0 spiro atoms. The van der Waals surface area contributed by atoms with Crippen molar-refractivity contribution in [3.63, 3.8) is 0 Å². The summed E-state index contributed by atoms with van der Waals surface area (Å²) in [4.78, 5) is 10.5. The summed E-state index contributed by atoms with van der Waals surface area (Å²) in [6.07, 6.45) is 0. The first-order valence-electron chi connectivity index (χ1n) is 5.83. The summed E-state index contributed by atoms with van der Waals surface area (Å²) in [6.45, 7) is 1.75. The molecule has 104 valence electrons. The van der Waals surface area contributed by atoms with Gasteiger partial charge in [0.25, 0.3) is 0 Å². The molecule has 6 heteroatoms. The normalized spacial score (nSPS) is 10.3. The van der Waals surface area contributed by atoms with E-state index < -0.39 is 4.92 Å². The number of nitro benzene ring substituents is 1. The van der Waals surface area contributed by atoms with E-state index in [4.69, 9.17) is 9.84 Å². The Morgan fingerprint density at radius 2 is 2.00 bits per heavy atom. The zero-order chi connectivity index (χ0) is 14.7. The average molecular weight is 338 g/mol. The molecule has 20 heavy (non-hydrogen) atoms. The van der Waals surface area contributed by atoms with Crippen LogP contribution in [0.1, 0.15) is 11.1 Å². The second kappa shape index (κ2) is 6.02. The number of hydrogen-bond acceptors (Lipinski definition) is 4. The van der Waals surface area contributed by atoms with Gasteiger partial charge in [0, 0.05) is 6.07 Å². The van der Waals surface area contributed by atoms with Crippen molar-refractivity contribution in [2.24, 2.45) is 0 Å². The van der Waals surface area contributed by atoms with Gasteiger partial charge in [0.2, 0.25) is 5.75 Å². The Balaban J connectivity index is 2.39. The molecule has 0 bridgehead atoms. The lowest BCUT2D eigenvalue weighted by Gasteiger charge is -2.09. The van der Waals surface area contributed by atoms with Crippen molar-refractivity contribution >= 4 is 21.6 Å². The number of hydrogen-bond donors (Lipinski definition) is 1. The standard InChI is InChI=1S/C14H12BrNO4/c1-9-2-4-12(16(18)19)14(6-9)20-13-5-3-10(8-17)7-11(13)15/h2-7,17H,8H2,1H3. The molecule has 0 saturated carbocycles. The van der Waals surface area contributed by atoms with Crippen molar-refractivity contribution in [3.05, 3.63) is 62.1 Å². The first kappa shape index (κ1) is 14.5. The van der Waals surface area contributed by atoms with Crippen LogP contribution in [0.5, 0.6) is 11.5 Å². The minimum Gasteiger partial charge on any atom is -0.449 e. The molecule has 0 unspecified atom stereocenters. The quantitative estimate of drug-likeness (QED) is 0.677. The van der Waals surface area contributed by atoms with Crippen LogP contribution in [0.3, 0.4) is 0 Å². The molecule has 0 atom stereocenters. The zero-order valence-corrected chi connectivity index (χ0v) is 12.3. The molecular formula is C14H12BrNO4. The largest absolute Gasteiger partial charge is 0.449 e. The van der Waals surface area contributed by atoms with Gasteiger partial charge in [-0.25, -0.2) is 0 Å². The molecule has 2 aromatic rings. The van der Waals surface area contributed by atoms with Crippen LogP contribution in [0, 0.1) is 17.0 Å². The molecule has 0 heterocycles. The maximum absolute atomic E-state index is 11.0. The number of aliphatic hydroxyl groups is 1. The number of halogens is 1. The summed E-state index contributed by atoms with van der Waals surface area (Å²) in [7, 11) is 0. The summed E-state index contributed by atoms with van der Waals surface area (Å²) in [6, 6.07) is 9.75. The predicted molar refractivity (Wildman–Crippen MR) is 78.0 cm³/mol. The summed E-state index contributed by atoms with van der Waals surface area (Å²) in [5, 5.41) is 20.0. The number of rotatable bonds is 4. The summed E-state index contributed by atoms with van der Waals surface area (Å²) in [5.74, 6) is 0.642. The Morgan fingerprint density at radius 3 is 2.60 bits per heavy atom. The van der Waals surface area contributed by atoms with Crippen molar-refractivity contribution < 1.29 is 14.8 Å². The number of aliphatic hydroxyl groups excluding tert-OH is 1. The first-order chi connectivity index (χ1) is 9.51. The fourth-order valence-corrected chi connectivity index (χ4v) is 2.20. The van der Waals surface area contributed by atoms with Gasteiger partial charge in [-0.2, -0.15) is 0 Å². The van der Waals surface area contributed by atoms with Crippen molar-refractivity contribution in [1.29, 1.82) is 0 Å². The molecule has 0 amide bonds. The fraction of sp³-hybridized carbons (Fsp3) is 0.143. The molecule has 0 saturated heterocycles. The molecule has 2 aromatic carbocycles. The average Bonchev–Trinajstić information content (AvgIpc) is 2.40. The first-order valence-corrected chi connectivity index (χ1v) is 6.62. The van der Waals surface area contributed by atoms with Gasteiger partial charge in [-0.3, -0.25) is 10.1 Å². The number of ether oxygens (including phenoxy) is 1. The molecule has 1 N–H and O–H groups in total. The fourth-order valence-electron chi connectivity index (χ4n) is 1.70. The van der Waals surface area contributed by atoms with Crippen LogP contribution in [0.25, 0.3) is 0 Å². The van der Waals surface area contributed by atoms with Crippen LogP contribution in [0.2, 0.25) is 0 Å². The van der Waals surface area contributed by atoms with Gasteiger partial charge in [0.1, 0.15) is 5.75 Å². The Hall–Kier alpha value is -1.92. The van der Waals surface area contributed by atoms with E-state index >= 15 is 0 Å². The number of nitro groups is 1. The molecule has 0 radical (unpaired) electrons. The van der Waals surface area contributed by atoms with E-state index in [1.54, 1.807) is 30.3 Å². The molecule has 0 aliphatic carbocycles. The van der Waals surface area contributed by atoms with Gasteiger partial charge in [-0.05, 0) is 52.2 Å². The smallest absolute Gasteiger partial charge is 0.311 e. The van der Waals surface area contributed by atoms with Crippen LogP contribution in [0.15, 0.2) is 40.9 Å². The second-order valence-electron chi connectivity index (χ2n) is 4.25. The Morgan fingerprint density at radius 1 is 1.25 bits per heavy atom. The molecular weight excluding hydrogens is 326 g/mol. The molecule has 2 rings (SSSR count). The lowest BCUT2D eigenvalue weighted by Crippen LogP contribution is -1.95. The van der Waals surface area contributed by atoms with Crippen LogP contribution in [0.4, 0.5) is 5.69 Å². The van der Waals surface area contributed by atoms with Crippen LogP contribution in [-0.4, -0.2) is 10.0 Å². The second-order valence-corrected chi connectivity index (χ2v) is 5.11. The summed E-state index contributed by atoms with van der Waals surface area (Å²) in [5.41, 5.74) is 1.51. The molecule has 5 nitrogen and oxygen atoms in total. The van der Waals surface area contributed by atoms with Crippen molar-refractivity contribution in [2.45, 2.75) is 13.5 Å². The summed E-state index contributed by atoms with van der Waals surface area (Å²) >= 11 is 3.32. The minimum absolute atomic E-state index is 0.0799. The van der Waals surface area contributed by atoms with Gasteiger partial charge >= 0.3 is 5.69 Å². The van der Waals surface area contributed by atoms with Crippen LogP contribution >= 0.6 is 15.9 Å². The van der Waals surface area contributed by atoms with Crippen LogP contribution in [-0.2, 0) is 6.61 Å². The van der Waals surface area contributed by atoms with Gasteiger partial charge in [0.05, 0.1) is 16.0 Å². The van der Waals surface area contributed by atoms with Crippen molar-refractivity contribution in [1.82, 2.24) is 0 Å². The molecule has 0 aliphatic rings. The topological polar surface area (TPSA) is 72.6 Å². The maximum atomic E-state index is 11.0. The highest BCUT2D eigenvalue weighted by Crippen LogP contribution is 2.35. The highest BCUT2D eigenvalue weighted by molar-refractivity contribution is 9.10. The minimum atomic E-state index is -0.481. The van der Waals surface area contributed by atoms with Crippen molar-refractivity contribution in [3.8, 4) is 11.5 Å². The van der Waals surface area contributed by atoms with Gasteiger partial charge in [0.15, 0.2) is 0 Å². The molecule has 0 fully saturated rings. The molecule has 0 aromatic heterocycles. The SMILES string of the molecule is Cc1ccc([N+](=O)[O-])c(Oc2ccc(CO)cc2Br)c1. The molecule has 0 aliphatic heterocycles. The van der Waals surface area contributed by atoms with Crippen molar-refractivity contribution in [2.75, 3.05) is 0 Å². The van der Waals surface area contributed by atoms with Gasteiger partial charge in [-0.15, -0.1) is 0 Å². The Kier molecular flexibility index (Phi) is 4.36. The third-order valence-electron chi connectivity index (χ3n) is 2.71. The van der Waals surface area contributed by atoms with E-state index in [9.17, 15) is 10.1 Å². The third-order valence-corrected chi connectivity index (χ3v) is 3.33. The van der Waals surface area contributed by atoms with E-state index in [2.05, 4.69) is 15.9 Å². The predicted octanol–water partition coefficient (Wildman–Crippen LogP) is 3.95. The highest BCUT2D eigenvalue weighted by Gasteiger charge is 2.16. The highest BCUT2D eigenvalue weighted by atomic mass is 79.9. The monoisotopic (exact) mass is 337 g/mol. The lowest BCUT2D eigenvalue weighted by atomic mass is 10.2. The van der Waals surface area contributed by atoms with E-state index in [0.29, 0.717) is 10.2 Å². The third kappa shape index (κ3) is 3.15. The van der Waals surface area contributed by atoms with Gasteiger partial charge in [-0.1, -0.05) is 12.1 Å². The van der Waals surface area contributed by atoms with E-state index in [0.717, 1.165) is 11.1 Å². The van der Waals surface area contributed by atoms with E-state index in [1.807, 2.05) is 6.92 Å². The van der Waals surface area contributed by atoms with E-state index in [-0.39, 0.29) is 18.0 Å². The Bertz CT molecular complexity index is 658. The van der Waals surface area contributed by atoms with E-state index in [1.165, 1.54) is 6.07 Å². The zero-order valence-electron chi connectivity index (χ0n) is 10.7.